The van der Waals surface area contributed by atoms with E-state index in [-0.39, 0.29) is 39.3 Å². The minimum atomic E-state index is -0.832. The van der Waals surface area contributed by atoms with Crippen molar-refractivity contribution < 1.29 is 23.9 Å². The van der Waals surface area contributed by atoms with Crippen molar-refractivity contribution >= 4 is 64.2 Å². The third-order valence-electron chi connectivity index (χ3n) is 4.38. The Hall–Kier alpha value is -2.81. The summed E-state index contributed by atoms with van der Waals surface area (Å²) in [6.45, 7) is -0.659. The molecule has 0 aromatic heterocycles. The zero-order valence-electron chi connectivity index (χ0n) is 15.9. The Balaban J connectivity index is 1.51. The fourth-order valence-corrected chi connectivity index (χ4v) is 3.41. The van der Waals surface area contributed by atoms with Crippen LogP contribution in [-0.4, -0.2) is 41.9 Å². The van der Waals surface area contributed by atoms with E-state index in [1.165, 1.54) is 6.07 Å². The monoisotopic (exact) mass is 483 g/mol. The SMILES string of the molecule is O=C(COC(=O)[C@H]1CC(=O)N(NC(=O)c2ccccc2Cl)C1)Nc1cccc(Cl)c1Cl. The lowest BCUT2D eigenvalue weighted by Gasteiger charge is -2.18. The number of benzene rings is 2. The molecule has 0 saturated carbocycles. The standard InChI is InChI=1S/C20H16Cl3N3O5/c21-13-5-2-1-4-12(13)19(29)25-26-9-11(8-17(26)28)20(30)31-10-16(27)24-15-7-3-6-14(22)18(15)23/h1-7,11H,8-10H2,(H,24,27)(H,25,29)/t11-/m0/s1. The van der Waals surface area contributed by atoms with E-state index in [1.54, 1.807) is 36.4 Å². The predicted molar refractivity (Wildman–Crippen MR) is 115 cm³/mol. The number of hydrogen-bond donors (Lipinski definition) is 2. The fourth-order valence-electron chi connectivity index (χ4n) is 2.84. The number of esters is 1. The van der Waals surface area contributed by atoms with E-state index in [0.717, 1.165) is 5.01 Å². The van der Waals surface area contributed by atoms with E-state index in [1.807, 2.05) is 0 Å². The van der Waals surface area contributed by atoms with Crippen molar-refractivity contribution in [3.63, 3.8) is 0 Å². The summed E-state index contributed by atoms with van der Waals surface area (Å²) < 4.78 is 5.00. The van der Waals surface area contributed by atoms with Gasteiger partial charge in [-0.25, -0.2) is 0 Å². The highest BCUT2D eigenvalue weighted by Gasteiger charge is 2.37. The number of halogens is 3. The van der Waals surface area contributed by atoms with Gasteiger partial charge in [-0.05, 0) is 24.3 Å². The number of anilines is 1. The average Bonchev–Trinajstić information content (AvgIpc) is 3.10. The summed E-state index contributed by atoms with van der Waals surface area (Å²) in [5.41, 5.74) is 2.90. The highest BCUT2D eigenvalue weighted by atomic mass is 35.5. The van der Waals surface area contributed by atoms with Gasteiger partial charge in [-0.15, -0.1) is 0 Å². The highest BCUT2D eigenvalue weighted by Crippen LogP contribution is 2.29. The fraction of sp³-hybridized carbons (Fsp3) is 0.200. The van der Waals surface area contributed by atoms with Crippen LogP contribution < -0.4 is 10.7 Å². The van der Waals surface area contributed by atoms with Crippen molar-refractivity contribution in [3.8, 4) is 0 Å². The molecule has 2 N–H and O–H groups in total. The first kappa shape index (κ1) is 22.9. The molecule has 0 aliphatic carbocycles. The topological polar surface area (TPSA) is 105 Å². The van der Waals surface area contributed by atoms with Gasteiger partial charge in [-0.2, -0.15) is 0 Å². The summed E-state index contributed by atoms with van der Waals surface area (Å²) in [6, 6.07) is 11.1. The minimum absolute atomic E-state index is 0.0877. The van der Waals surface area contributed by atoms with E-state index >= 15 is 0 Å². The van der Waals surface area contributed by atoms with E-state index < -0.39 is 36.2 Å². The maximum absolute atomic E-state index is 12.3. The number of hydrogen-bond acceptors (Lipinski definition) is 5. The number of carbonyl (C=O) groups excluding carboxylic acids is 4. The van der Waals surface area contributed by atoms with Crippen molar-refractivity contribution in [3.05, 3.63) is 63.1 Å². The van der Waals surface area contributed by atoms with E-state index in [2.05, 4.69) is 10.7 Å². The molecule has 0 radical (unpaired) electrons. The maximum atomic E-state index is 12.3. The molecule has 1 atom stereocenters. The van der Waals surface area contributed by atoms with Gasteiger partial charge in [0.15, 0.2) is 6.61 Å². The number of amides is 3. The summed E-state index contributed by atoms with van der Waals surface area (Å²) in [5, 5.41) is 4.17. The molecule has 1 fully saturated rings. The molecule has 8 nitrogen and oxygen atoms in total. The molecule has 11 heteroatoms. The molecule has 3 amide bonds. The molecule has 2 aromatic rings. The minimum Gasteiger partial charge on any atom is -0.455 e. The van der Waals surface area contributed by atoms with Crippen LogP contribution in [0.3, 0.4) is 0 Å². The van der Waals surface area contributed by atoms with Gasteiger partial charge in [0.05, 0.1) is 38.8 Å². The molecule has 1 aliphatic rings. The summed E-state index contributed by atoms with van der Waals surface area (Å²) in [4.78, 5) is 48.7. The molecule has 1 saturated heterocycles. The lowest BCUT2D eigenvalue weighted by molar-refractivity contribution is -0.151. The van der Waals surface area contributed by atoms with Crippen LogP contribution in [0.15, 0.2) is 42.5 Å². The smallest absolute Gasteiger partial charge is 0.311 e. The van der Waals surface area contributed by atoms with Crippen LogP contribution in [0, 0.1) is 5.92 Å². The molecule has 0 spiro atoms. The molecule has 2 aromatic carbocycles. The number of carbonyl (C=O) groups is 4. The Morgan fingerprint density at radius 1 is 1.03 bits per heavy atom. The number of ether oxygens (including phenoxy) is 1. The Kier molecular flexibility index (Phi) is 7.37. The van der Waals surface area contributed by atoms with Gasteiger partial charge in [0.2, 0.25) is 5.91 Å². The van der Waals surface area contributed by atoms with Crippen LogP contribution in [0.2, 0.25) is 15.1 Å². The number of rotatable bonds is 6. The Bertz CT molecular complexity index is 1050. The van der Waals surface area contributed by atoms with Crippen LogP contribution in [0.4, 0.5) is 5.69 Å². The molecule has 3 rings (SSSR count). The Morgan fingerprint density at radius 2 is 1.74 bits per heavy atom. The quantitative estimate of drug-likeness (QED) is 0.612. The Labute approximate surface area is 192 Å². The molecular weight excluding hydrogens is 469 g/mol. The first-order chi connectivity index (χ1) is 14.8. The first-order valence-corrected chi connectivity index (χ1v) is 10.2. The number of nitrogens with zero attached hydrogens (tertiary/aromatic N) is 1. The van der Waals surface area contributed by atoms with Gasteiger partial charge in [-0.3, -0.25) is 29.6 Å². The molecule has 31 heavy (non-hydrogen) atoms. The lowest BCUT2D eigenvalue weighted by atomic mass is 10.1. The van der Waals surface area contributed by atoms with Crippen LogP contribution >= 0.6 is 34.8 Å². The van der Waals surface area contributed by atoms with Crippen LogP contribution in [0.25, 0.3) is 0 Å². The third-order valence-corrected chi connectivity index (χ3v) is 5.53. The largest absolute Gasteiger partial charge is 0.455 e. The van der Waals surface area contributed by atoms with Crippen LogP contribution in [0.5, 0.6) is 0 Å². The predicted octanol–water partition coefficient (Wildman–Crippen LogP) is 3.32. The van der Waals surface area contributed by atoms with Crippen LogP contribution in [-0.2, 0) is 19.1 Å². The zero-order valence-corrected chi connectivity index (χ0v) is 18.1. The van der Waals surface area contributed by atoms with E-state index in [4.69, 9.17) is 39.5 Å². The van der Waals surface area contributed by atoms with E-state index in [9.17, 15) is 19.2 Å². The Morgan fingerprint density at radius 3 is 2.48 bits per heavy atom. The van der Waals surface area contributed by atoms with Crippen molar-refractivity contribution in [1.82, 2.24) is 10.4 Å². The molecule has 0 bridgehead atoms. The van der Waals surface area contributed by atoms with Crippen molar-refractivity contribution in [1.29, 1.82) is 0 Å². The summed E-state index contributed by atoms with van der Waals surface area (Å²) in [6.07, 6.45) is -0.163. The summed E-state index contributed by atoms with van der Waals surface area (Å²) in [5.74, 6) is -3.23. The highest BCUT2D eigenvalue weighted by molar-refractivity contribution is 6.44. The maximum Gasteiger partial charge on any atom is 0.311 e. The van der Waals surface area contributed by atoms with Crippen molar-refractivity contribution in [2.24, 2.45) is 5.92 Å². The molecule has 0 unspecified atom stereocenters. The van der Waals surface area contributed by atoms with E-state index in [0.29, 0.717) is 0 Å². The second-order valence-corrected chi connectivity index (χ2v) is 7.78. The summed E-state index contributed by atoms with van der Waals surface area (Å²) >= 11 is 17.8. The van der Waals surface area contributed by atoms with Gasteiger partial charge in [-0.1, -0.05) is 53.0 Å². The number of nitrogens with one attached hydrogen (secondary N) is 2. The normalized spacial score (nSPS) is 15.5. The summed E-state index contributed by atoms with van der Waals surface area (Å²) in [7, 11) is 0. The van der Waals surface area contributed by atoms with Crippen molar-refractivity contribution in [2.75, 3.05) is 18.5 Å². The lowest BCUT2D eigenvalue weighted by Crippen LogP contribution is -2.43. The second kappa shape index (κ2) is 10.00. The second-order valence-electron chi connectivity index (χ2n) is 6.58. The average molecular weight is 485 g/mol. The van der Waals surface area contributed by atoms with Crippen LogP contribution in [0.1, 0.15) is 16.8 Å². The van der Waals surface area contributed by atoms with Gasteiger partial charge in [0.25, 0.3) is 11.8 Å². The first-order valence-electron chi connectivity index (χ1n) is 9.02. The van der Waals surface area contributed by atoms with Gasteiger partial charge in [0.1, 0.15) is 0 Å². The number of hydrazine groups is 1. The van der Waals surface area contributed by atoms with Crippen molar-refractivity contribution in [2.45, 2.75) is 6.42 Å². The molecule has 1 aliphatic heterocycles. The molecule has 162 valence electrons. The molecule has 1 heterocycles. The van der Waals surface area contributed by atoms with Gasteiger partial charge < -0.3 is 10.1 Å². The third kappa shape index (κ3) is 5.66. The molecular formula is C20H16Cl3N3O5. The zero-order chi connectivity index (χ0) is 22.5. The van der Waals surface area contributed by atoms with Gasteiger partial charge in [0, 0.05) is 6.42 Å². The van der Waals surface area contributed by atoms with Gasteiger partial charge >= 0.3 is 5.97 Å².